The molecule has 0 atom stereocenters. The fourth-order valence-corrected chi connectivity index (χ4v) is 1.69. The normalized spacial score (nSPS) is 10.6. The van der Waals surface area contributed by atoms with E-state index in [0.29, 0.717) is 5.56 Å². The first-order chi connectivity index (χ1) is 9.13. The highest BCUT2D eigenvalue weighted by Gasteiger charge is 1.98. The molecule has 0 aromatic heterocycles. The second-order valence-corrected chi connectivity index (χ2v) is 4.25. The average Bonchev–Trinajstić information content (AvgIpc) is 2.36. The number of hydrogen-bond acceptors (Lipinski definition) is 1. The van der Waals surface area contributed by atoms with Crippen LogP contribution < -0.4 is 5.32 Å². The minimum absolute atomic E-state index is 0.241. The number of benzene rings is 2. The van der Waals surface area contributed by atoms with Crippen LogP contribution in [0.3, 0.4) is 0 Å². The summed E-state index contributed by atoms with van der Waals surface area (Å²) < 4.78 is 12.9. The molecule has 96 valence electrons. The van der Waals surface area contributed by atoms with Gasteiger partial charge in [0.1, 0.15) is 5.82 Å². The second-order valence-electron chi connectivity index (χ2n) is 4.25. The molecule has 1 amide bonds. The quantitative estimate of drug-likeness (QED) is 0.831. The second kappa shape index (κ2) is 5.96. The smallest absolute Gasteiger partial charge is 0.248 e. The van der Waals surface area contributed by atoms with E-state index >= 15 is 0 Å². The molecule has 2 aromatic rings. The zero-order valence-electron chi connectivity index (χ0n) is 10.6. The molecule has 2 nitrogen and oxygen atoms in total. The molecule has 0 bridgehead atoms. The Morgan fingerprint density at radius 2 is 1.95 bits per heavy atom. The number of carbonyl (C=O) groups excluding carboxylic acids is 1. The number of aryl methyl sites for hydroxylation is 1. The molecule has 0 saturated carbocycles. The monoisotopic (exact) mass is 255 g/mol. The number of hydrogen-bond donors (Lipinski definition) is 1. The number of halogens is 1. The van der Waals surface area contributed by atoms with Crippen molar-refractivity contribution in [3.05, 3.63) is 71.6 Å². The van der Waals surface area contributed by atoms with Gasteiger partial charge in [0.05, 0.1) is 0 Å². The van der Waals surface area contributed by atoms with Crippen LogP contribution >= 0.6 is 0 Å². The molecule has 0 fully saturated rings. The van der Waals surface area contributed by atoms with Crippen LogP contribution in [0.4, 0.5) is 10.1 Å². The van der Waals surface area contributed by atoms with Gasteiger partial charge in [-0.1, -0.05) is 24.3 Å². The van der Waals surface area contributed by atoms with Crippen LogP contribution in [-0.2, 0) is 4.79 Å². The van der Waals surface area contributed by atoms with E-state index in [4.69, 9.17) is 0 Å². The van der Waals surface area contributed by atoms with E-state index in [-0.39, 0.29) is 11.7 Å². The highest BCUT2D eigenvalue weighted by Crippen LogP contribution is 2.10. The minimum atomic E-state index is -0.318. The van der Waals surface area contributed by atoms with Crippen LogP contribution in [0.2, 0.25) is 0 Å². The Bertz CT molecular complexity index is 620. The first-order valence-corrected chi connectivity index (χ1v) is 5.95. The topological polar surface area (TPSA) is 29.1 Å². The van der Waals surface area contributed by atoms with Crippen molar-refractivity contribution in [2.45, 2.75) is 6.92 Å². The molecule has 0 unspecified atom stereocenters. The van der Waals surface area contributed by atoms with Gasteiger partial charge >= 0.3 is 0 Å². The number of amides is 1. The molecule has 0 aliphatic heterocycles. The Morgan fingerprint density at radius 1 is 1.16 bits per heavy atom. The van der Waals surface area contributed by atoms with Gasteiger partial charge in [-0.05, 0) is 48.4 Å². The highest BCUT2D eigenvalue weighted by atomic mass is 19.1. The summed E-state index contributed by atoms with van der Waals surface area (Å²) in [5, 5.41) is 2.75. The molecule has 0 saturated heterocycles. The molecule has 2 rings (SSSR count). The number of carbonyl (C=O) groups is 1. The highest BCUT2D eigenvalue weighted by molar-refractivity contribution is 6.01. The lowest BCUT2D eigenvalue weighted by molar-refractivity contribution is -0.111. The average molecular weight is 255 g/mol. The van der Waals surface area contributed by atoms with Crippen molar-refractivity contribution < 1.29 is 9.18 Å². The zero-order chi connectivity index (χ0) is 13.7. The van der Waals surface area contributed by atoms with Crippen LogP contribution in [0.15, 0.2) is 54.6 Å². The van der Waals surface area contributed by atoms with Gasteiger partial charge in [-0.3, -0.25) is 4.79 Å². The third-order valence-corrected chi connectivity index (χ3v) is 2.56. The maximum Gasteiger partial charge on any atom is 0.248 e. The van der Waals surface area contributed by atoms with Crippen molar-refractivity contribution in [2.24, 2.45) is 0 Å². The molecule has 19 heavy (non-hydrogen) atoms. The molecule has 1 N–H and O–H groups in total. The zero-order valence-corrected chi connectivity index (χ0v) is 10.6. The van der Waals surface area contributed by atoms with E-state index in [9.17, 15) is 9.18 Å². The van der Waals surface area contributed by atoms with Gasteiger partial charge in [-0.15, -0.1) is 0 Å². The van der Waals surface area contributed by atoms with Crippen LogP contribution in [0.25, 0.3) is 6.08 Å². The fraction of sp³-hybridized carbons (Fsp3) is 0.0625. The first kappa shape index (κ1) is 13.0. The molecular formula is C16H14FNO. The standard InChI is InChI=1S/C16H14FNO/c1-12-4-2-7-15(10-12)18-16(19)9-8-13-5-3-6-14(17)11-13/h2-11H,1H3,(H,18,19)/b9-8+. The van der Waals surface area contributed by atoms with Gasteiger partial charge in [0.2, 0.25) is 5.91 Å². The van der Waals surface area contributed by atoms with E-state index in [0.717, 1.165) is 11.3 Å². The van der Waals surface area contributed by atoms with E-state index in [2.05, 4.69) is 5.32 Å². The Morgan fingerprint density at radius 3 is 2.68 bits per heavy atom. The van der Waals surface area contributed by atoms with Crippen LogP contribution in [0, 0.1) is 12.7 Å². The summed E-state index contributed by atoms with van der Waals surface area (Å²) in [6.45, 7) is 1.96. The summed E-state index contributed by atoms with van der Waals surface area (Å²) in [7, 11) is 0. The van der Waals surface area contributed by atoms with E-state index in [1.807, 2.05) is 31.2 Å². The van der Waals surface area contributed by atoms with Crippen LogP contribution in [-0.4, -0.2) is 5.91 Å². The molecule has 0 heterocycles. The van der Waals surface area contributed by atoms with Crippen molar-refractivity contribution in [1.29, 1.82) is 0 Å². The summed E-state index contributed by atoms with van der Waals surface area (Å²) in [4.78, 5) is 11.7. The van der Waals surface area contributed by atoms with E-state index in [1.54, 1.807) is 18.2 Å². The molecular weight excluding hydrogens is 241 g/mol. The molecule has 0 aliphatic carbocycles. The summed E-state index contributed by atoms with van der Waals surface area (Å²) in [5.74, 6) is -0.559. The maximum absolute atomic E-state index is 12.9. The van der Waals surface area contributed by atoms with Crippen LogP contribution in [0.1, 0.15) is 11.1 Å². The van der Waals surface area contributed by atoms with Crippen LogP contribution in [0.5, 0.6) is 0 Å². The fourth-order valence-electron chi connectivity index (χ4n) is 1.69. The SMILES string of the molecule is Cc1cccc(NC(=O)/C=C/c2cccc(F)c2)c1. The largest absolute Gasteiger partial charge is 0.323 e. The maximum atomic E-state index is 12.9. The lowest BCUT2D eigenvalue weighted by atomic mass is 10.2. The molecule has 3 heteroatoms. The van der Waals surface area contributed by atoms with E-state index in [1.165, 1.54) is 18.2 Å². The molecule has 0 radical (unpaired) electrons. The Labute approximate surface area is 111 Å². The lowest BCUT2D eigenvalue weighted by Gasteiger charge is -2.02. The Balaban J connectivity index is 2.01. The van der Waals surface area contributed by atoms with Crippen molar-refractivity contribution in [3.63, 3.8) is 0 Å². The number of nitrogens with one attached hydrogen (secondary N) is 1. The predicted molar refractivity (Wildman–Crippen MR) is 75.2 cm³/mol. The van der Waals surface area contributed by atoms with Gasteiger partial charge in [0.25, 0.3) is 0 Å². The minimum Gasteiger partial charge on any atom is -0.323 e. The van der Waals surface area contributed by atoms with Gasteiger partial charge < -0.3 is 5.32 Å². The summed E-state index contributed by atoms with van der Waals surface area (Å²) in [6.07, 6.45) is 2.96. The van der Waals surface area contributed by atoms with Crippen molar-refractivity contribution in [1.82, 2.24) is 0 Å². The number of rotatable bonds is 3. The van der Waals surface area contributed by atoms with E-state index < -0.39 is 0 Å². The van der Waals surface area contributed by atoms with Crippen molar-refractivity contribution >= 4 is 17.7 Å². The van der Waals surface area contributed by atoms with Gasteiger partial charge in [-0.25, -0.2) is 4.39 Å². The summed E-state index contributed by atoms with van der Waals surface area (Å²) in [5.41, 5.74) is 2.47. The Kier molecular flexibility index (Phi) is 4.08. The molecule has 0 spiro atoms. The summed E-state index contributed by atoms with van der Waals surface area (Å²) >= 11 is 0. The third kappa shape index (κ3) is 4.07. The lowest BCUT2D eigenvalue weighted by Crippen LogP contribution is -2.07. The Hall–Kier alpha value is -2.42. The molecule has 0 aliphatic rings. The summed E-state index contributed by atoms with van der Waals surface area (Å²) in [6, 6.07) is 13.6. The first-order valence-electron chi connectivity index (χ1n) is 5.95. The molecule has 2 aromatic carbocycles. The number of anilines is 1. The van der Waals surface area contributed by atoms with Crippen molar-refractivity contribution in [2.75, 3.05) is 5.32 Å². The van der Waals surface area contributed by atoms with Gasteiger partial charge in [0, 0.05) is 11.8 Å². The predicted octanol–water partition coefficient (Wildman–Crippen LogP) is 3.79. The van der Waals surface area contributed by atoms with Gasteiger partial charge in [0.15, 0.2) is 0 Å². The van der Waals surface area contributed by atoms with Gasteiger partial charge in [-0.2, -0.15) is 0 Å². The van der Waals surface area contributed by atoms with Crippen molar-refractivity contribution in [3.8, 4) is 0 Å². The third-order valence-electron chi connectivity index (χ3n) is 2.56.